The lowest BCUT2D eigenvalue weighted by Gasteiger charge is -1.79. The molecule has 0 saturated carbocycles. The first-order valence-corrected chi connectivity index (χ1v) is 1.99. The van der Waals surface area contributed by atoms with Gasteiger partial charge in [0.15, 0.2) is 0 Å². The highest BCUT2D eigenvalue weighted by molar-refractivity contribution is 6.74. The van der Waals surface area contributed by atoms with Crippen molar-refractivity contribution in [3.8, 4) is 0 Å². The molecule has 0 radical (unpaired) electrons. The van der Waals surface area contributed by atoms with Gasteiger partial charge in [-0.3, -0.25) is 5.41 Å². The van der Waals surface area contributed by atoms with Gasteiger partial charge in [0, 0.05) is 0 Å². The third-order valence-corrected chi connectivity index (χ3v) is 0.752. The van der Waals surface area contributed by atoms with Crippen LogP contribution in [0.4, 0.5) is 0 Å². The van der Waals surface area contributed by atoms with Gasteiger partial charge in [0.05, 0.1) is 5.03 Å². The first-order chi connectivity index (χ1) is 2.64. The molecule has 0 heterocycles. The Labute approximate surface area is 46.1 Å². The fourth-order valence-corrected chi connectivity index (χ4v) is 0. The molecule has 1 nitrogen and oxygen atoms in total. The van der Waals surface area contributed by atoms with Crippen LogP contribution in [0.5, 0.6) is 0 Å². The van der Waals surface area contributed by atoms with Crippen LogP contribution in [0.25, 0.3) is 0 Å². The number of hydrogen-bond acceptors (Lipinski definition) is 1. The van der Waals surface area contributed by atoms with Gasteiger partial charge in [-0.05, 0) is 0 Å². The van der Waals surface area contributed by atoms with E-state index < -0.39 is 0 Å². The molecule has 0 amide bonds. The molecule has 0 fully saturated rings. The normalized spacial score (nSPS) is 7.67. The van der Waals surface area contributed by atoms with Crippen LogP contribution in [0, 0.1) is 5.41 Å². The van der Waals surface area contributed by atoms with E-state index in [1.165, 1.54) is 0 Å². The van der Waals surface area contributed by atoms with Crippen LogP contribution in [0.3, 0.4) is 0 Å². The van der Waals surface area contributed by atoms with E-state index in [-0.39, 0.29) is 10.2 Å². The summed E-state index contributed by atoms with van der Waals surface area (Å²) in [7, 11) is 0. The molecule has 0 atom stereocenters. The molecule has 0 aromatic heterocycles. The van der Waals surface area contributed by atoms with Gasteiger partial charge in [-0.1, -0.05) is 29.8 Å². The Morgan fingerprint density at radius 2 is 1.67 bits per heavy atom. The Hall–Kier alpha value is -0.0100. The van der Waals surface area contributed by atoms with Crippen molar-refractivity contribution in [2.75, 3.05) is 0 Å². The van der Waals surface area contributed by atoms with Crippen LogP contribution in [0.2, 0.25) is 0 Å². The Morgan fingerprint density at radius 3 is 1.67 bits per heavy atom. The topological polar surface area (TPSA) is 23.9 Å². The van der Waals surface area contributed by atoms with Gasteiger partial charge in [0.2, 0.25) is 0 Å². The third-order valence-electron chi connectivity index (χ3n) is 0.238. The molecule has 0 unspecified atom stereocenters. The Balaban J connectivity index is 3.57. The molecule has 0 spiro atoms. The van der Waals surface area contributed by atoms with Crippen molar-refractivity contribution >= 4 is 28.4 Å². The molecule has 3 heteroatoms. The fraction of sp³-hybridized carbons (Fsp3) is 0. The summed E-state index contributed by atoms with van der Waals surface area (Å²) in [6, 6.07) is 0. The number of halogens is 2. The van der Waals surface area contributed by atoms with Crippen molar-refractivity contribution in [2.45, 2.75) is 0 Å². The molecule has 34 valence electrons. The van der Waals surface area contributed by atoms with Gasteiger partial charge in [-0.15, -0.1) is 0 Å². The molecule has 0 saturated heterocycles. The van der Waals surface area contributed by atoms with Crippen LogP contribution in [-0.2, 0) is 0 Å². The zero-order valence-corrected chi connectivity index (χ0v) is 4.47. The molecule has 0 rings (SSSR count). The average Bonchev–Trinajstić information content (AvgIpc) is 1.36. The minimum atomic E-state index is -0.198. The van der Waals surface area contributed by atoms with Crippen molar-refractivity contribution in [3.05, 3.63) is 11.6 Å². The summed E-state index contributed by atoms with van der Waals surface area (Å²) in [6.07, 6.45) is 0. The van der Waals surface area contributed by atoms with Gasteiger partial charge in [0.25, 0.3) is 0 Å². The molecule has 1 N–H and O–H groups in total. The molecule has 0 aromatic carbocycles. The third kappa shape index (κ3) is 2.24. The second kappa shape index (κ2) is 2.21. The summed E-state index contributed by atoms with van der Waals surface area (Å²) in [5.41, 5.74) is 0. The maximum Gasteiger partial charge on any atom is 0.138 e. The fourth-order valence-electron chi connectivity index (χ4n) is 0. The minimum absolute atomic E-state index is 0.0802. The Kier molecular flexibility index (Phi) is 2.21. The van der Waals surface area contributed by atoms with E-state index in [0.717, 1.165) is 0 Å². The van der Waals surface area contributed by atoms with E-state index in [2.05, 4.69) is 6.58 Å². The Bertz CT molecular complexity index is 74.8. The number of allylic oxidation sites excluding steroid dienone is 1. The van der Waals surface area contributed by atoms with Crippen molar-refractivity contribution in [1.82, 2.24) is 0 Å². The van der Waals surface area contributed by atoms with E-state index in [1.54, 1.807) is 0 Å². The largest absolute Gasteiger partial charge is 0.288 e. The number of nitrogens with one attached hydrogen (secondary N) is 1. The van der Waals surface area contributed by atoms with E-state index in [4.69, 9.17) is 28.6 Å². The summed E-state index contributed by atoms with van der Waals surface area (Å²) in [5, 5.41) is 6.37. The van der Waals surface area contributed by atoms with Gasteiger partial charge in [0.1, 0.15) is 5.17 Å². The predicted octanol–water partition coefficient (Wildman–Crippen LogP) is 1.95. The molecule has 0 aliphatic carbocycles. The highest BCUT2D eigenvalue weighted by Gasteiger charge is 1.87. The van der Waals surface area contributed by atoms with Gasteiger partial charge < -0.3 is 0 Å². The maximum atomic E-state index is 6.48. The summed E-state index contributed by atoms with van der Waals surface area (Å²) in [5.74, 6) is 0. The van der Waals surface area contributed by atoms with Crippen LogP contribution >= 0.6 is 23.2 Å². The molecule has 0 aromatic rings. The Morgan fingerprint density at radius 1 is 1.50 bits per heavy atom. The lowest BCUT2D eigenvalue weighted by molar-refractivity contribution is 1.56. The minimum Gasteiger partial charge on any atom is -0.288 e. The zero-order valence-electron chi connectivity index (χ0n) is 2.96. The van der Waals surface area contributed by atoms with Gasteiger partial charge >= 0.3 is 0 Å². The van der Waals surface area contributed by atoms with Gasteiger partial charge in [-0.2, -0.15) is 0 Å². The highest BCUT2D eigenvalue weighted by Crippen LogP contribution is 2.00. The first-order valence-electron chi connectivity index (χ1n) is 1.23. The van der Waals surface area contributed by atoms with Crippen LogP contribution in [0.15, 0.2) is 11.6 Å². The molecule has 0 aliphatic heterocycles. The van der Waals surface area contributed by atoms with E-state index >= 15 is 0 Å². The second-order valence-electron chi connectivity index (χ2n) is 0.719. The van der Waals surface area contributed by atoms with Crippen molar-refractivity contribution in [2.24, 2.45) is 0 Å². The number of rotatable bonds is 1. The van der Waals surface area contributed by atoms with Crippen LogP contribution < -0.4 is 0 Å². The van der Waals surface area contributed by atoms with Crippen molar-refractivity contribution in [1.29, 1.82) is 5.41 Å². The summed E-state index contributed by atoms with van der Waals surface area (Å²) >= 11 is 10.0. The molecule has 0 bridgehead atoms. The lowest BCUT2D eigenvalue weighted by Crippen LogP contribution is -1.76. The molecular formula is C3H3Cl2N. The van der Waals surface area contributed by atoms with E-state index in [9.17, 15) is 0 Å². The smallest absolute Gasteiger partial charge is 0.138 e. The zero-order chi connectivity index (χ0) is 5.15. The predicted molar refractivity (Wildman–Crippen MR) is 28.6 cm³/mol. The maximum absolute atomic E-state index is 6.48. The quantitative estimate of drug-likeness (QED) is 0.516. The second-order valence-corrected chi connectivity index (χ2v) is 1.55. The SMILES string of the molecule is C=C(Cl)C(=N)Cl. The summed E-state index contributed by atoms with van der Waals surface area (Å²) < 4.78 is 0. The van der Waals surface area contributed by atoms with E-state index in [0.29, 0.717) is 0 Å². The monoisotopic (exact) mass is 123 g/mol. The lowest BCUT2D eigenvalue weighted by atomic mass is 10.7. The molecule has 0 aliphatic rings. The summed E-state index contributed by atoms with van der Waals surface area (Å²) in [6.45, 7) is 3.16. The number of hydrogen-bond donors (Lipinski definition) is 1. The summed E-state index contributed by atoms with van der Waals surface area (Å²) in [4.78, 5) is 0. The first kappa shape index (κ1) is 5.99. The molecule has 6 heavy (non-hydrogen) atoms. The van der Waals surface area contributed by atoms with Crippen LogP contribution in [0.1, 0.15) is 0 Å². The van der Waals surface area contributed by atoms with Crippen molar-refractivity contribution in [3.63, 3.8) is 0 Å². The molecular weight excluding hydrogens is 121 g/mol. The van der Waals surface area contributed by atoms with E-state index in [1.807, 2.05) is 0 Å². The standard InChI is InChI=1S/C3H3Cl2N/c1-2(4)3(5)6/h6H,1H2. The van der Waals surface area contributed by atoms with Crippen LogP contribution in [-0.4, -0.2) is 5.17 Å². The highest BCUT2D eigenvalue weighted by atomic mass is 35.5. The van der Waals surface area contributed by atoms with Gasteiger partial charge in [-0.25, -0.2) is 0 Å². The average molecular weight is 124 g/mol. The van der Waals surface area contributed by atoms with Crippen molar-refractivity contribution < 1.29 is 0 Å².